The van der Waals surface area contributed by atoms with Crippen LogP contribution < -0.4 is 9.64 Å². The second-order valence-corrected chi connectivity index (χ2v) is 8.29. The number of benzene rings is 2. The largest absolute Gasteiger partial charge is 0.497 e. The highest BCUT2D eigenvalue weighted by Crippen LogP contribution is 2.46. The molecule has 1 aliphatic heterocycles. The monoisotopic (exact) mass is 477 g/mol. The van der Waals surface area contributed by atoms with E-state index < -0.39 is 12.1 Å². The topological polar surface area (TPSA) is 59.1 Å². The van der Waals surface area contributed by atoms with Gasteiger partial charge in [0.05, 0.1) is 18.0 Å². The molecule has 0 N–H and O–H groups in total. The van der Waals surface area contributed by atoms with Crippen LogP contribution in [0.1, 0.15) is 17.7 Å². The number of fused-ring (bicyclic) bond motifs is 1. The number of para-hydroxylation sites is 1. The zero-order valence-corrected chi connectivity index (χ0v) is 20.9. The number of nitrogens with zero attached hydrogens (tertiary/aromatic N) is 2. The van der Waals surface area contributed by atoms with Crippen LogP contribution >= 0.6 is 24.2 Å². The molecule has 165 valence electrons. The molecule has 3 rings (SSSR count). The highest BCUT2D eigenvalue weighted by Gasteiger charge is 2.40. The minimum Gasteiger partial charge on any atom is -0.497 e. The van der Waals surface area contributed by atoms with E-state index in [0.717, 1.165) is 21.9 Å². The first-order valence-electron chi connectivity index (χ1n) is 9.43. The number of amides is 1. The molecule has 6 nitrogen and oxygen atoms in total. The number of halogens is 1. The molecular weight excluding hydrogens is 451 g/mol. The van der Waals surface area contributed by atoms with Gasteiger partial charge in [0.2, 0.25) is 0 Å². The van der Waals surface area contributed by atoms with Gasteiger partial charge in [0.25, 0.3) is 5.91 Å². The van der Waals surface area contributed by atoms with Gasteiger partial charge in [0.1, 0.15) is 5.75 Å². The third-order valence-electron chi connectivity index (χ3n) is 4.70. The van der Waals surface area contributed by atoms with Crippen molar-refractivity contribution in [2.24, 2.45) is 0 Å². The summed E-state index contributed by atoms with van der Waals surface area (Å²) >= 11 is 1.54. The third-order valence-corrected chi connectivity index (χ3v) is 6.07. The van der Waals surface area contributed by atoms with Gasteiger partial charge in [-0.2, -0.15) is 0 Å². The summed E-state index contributed by atoms with van der Waals surface area (Å²) in [5, 5.41) is -0.359. The number of ether oxygens (including phenoxy) is 2. The first-order chi connectivity index (χ1) is 13.9. The maximum atomic E-state index is 13.6. The van der Waals surface area contributed by atoms with E-state index in [1.54, 1.807) is 23.8 Å². The lowest BCUT2D eigenvalue weighted by molar-refractivity contribution is -0.152. The number of carbonyl (C=O) groups excluding carboxylic acids is 2. The van der Waals surface area contributed by atoms with Gasteiger partial charge >= 0.3 is 5.97 Å². The summed E-state index contributed by atoms with van der Waals surface area (Å²) in [4.78, 5) is 30.2. The second-order valence-electron chi connectivity index (χ2n) is 7.10. The third kappa shape index (κ3) is 6.65. The van der Waals surface area contributed by atoms with Gasteiger partial charge in [0, 0.05) is 42.3 Å². The molecule has 1 heterocycles. The number of rotatable bonds is 6. The van der Waals surface area contributed by atoms with Gasteiger partial charge in [-0.1, -0.05) is 24.3 Å². The summed E-state index contributed by atoms with van der Waals surface area (Å²) in [5.74, 6) is 0.0528. The predicted molar refractivity (Wildman–Crippen MR) is 127 cm³/mol. The van der Waals surface area contributed by atoms with Gasteiger partial charge in [0.15, 0.2) is 6.10 Å². The quantitative estimate of drug-likeness (QED) is 0.469. The molecule has 0 saturated carbocycles. The molecule has 1 aliphatic rings. The van der Waals surface area contributed by atoms with E-state index in [9.17, 15) is 9.59 Å². The van der Waals surface area contributed by atoms with E-state index in [4.69, 9.17) is 9.47 Å². The molecule has 0 spiro atoms. The maximum Gasteiger partial charge on any atom is 0.303 e. The van der Waals surface area contributed by atoms with Crippen LogP contribution in [-0.4, -0.2) is 74.5 Å². The smallest absolute Gasteiger partial charge is 0.303 e. The summed E-state index contributed by atoms with van der Waals surface area (Å²) in [6.07, 6.45) is -0.916. The number of methoxy groups -OCH3 is 1. The Balaban J connectivity index is 0.00000240. The van der Waals surface area contributed by atoms with Crippen LogP contribution in [-0.2, 0) is 14.3 Å². The number of anilines is 1. The Morgan fingerprint density at radius 2 is 1.77 bits per heavy atom. The number of carbonyl (C=O) groups is 2. The molecule has 3 radical (unpaired) electrons. The predicted octanol–water partition coefficient (Wildman–Crippen LogP) is 3.41. The molecule has 1 amide bonds. The average molecular weight is 478 g/mol. The van der Waals surface area contributed by atoms with E-state index in [1.165, 1.54) is 6.92 Å². The van der Waals surface area contributed by atoms with Crippen molar-refractivity contribution in [1.29, 1.82) is 0 Å². The van der Waals surface area contributed by atoms with Gasteiger partial charge in [-0.3, -0.25) is 9.59 Å². The Hall–Kier alpha value is -1.69. The van der Waals surface area contributed by atoms with Crippen molar-refractivity contribution in [3.63, 3.8) is 0 Å². The number of thioether (sulfide) groups is 1. The van der Waals surface area contributed by atoms with Crippen LogP contribution in [0.2, 0.25) is 0 Å². The minimum absolute atomic E-state index is 0. The van der Waals surface area contributed by atoms with Crippen LogP contribution in [0.5, 0.6) is 5.75 Å². The van der Waals surface area contributed by atoms with Gasteiger partial charge in [-0.05, 0) is 43.9 Å². The van der Waals surface area contributed by atoms with E-state index in [0.29, 0.717) is 13.1 Å². The molecule has 31 heavy (non-hydrogen) atoms. The van der Waals surface area contributed by atoms with Crippen LogP contribution in [0, 0.1) is 0 Å². The van der Waals surface area contributed by atoms with Crippen molar-refractivity contribution in [2.75, 3.05) is 39.2 Å². The molecule has 2 atom stereocenters. The number of hydrogen-bond donors (Lipinski definition) is 0. The summed E-state index contributed by atoms with van der Waals surface area (Å²) in [6, 6.07) is 15.4. The lowest BCUT2D eigenvalue weighted by Gasteiger charge is -2.28. The fourth-order valence-electron chi connectivity index (χ4n) is 3.24. The molecule has 0 saturated heterocycles. The number of hydrogen-bond acceptors (Lipinski definition) is 6. The van der Waals surface area contributed by atoms with Crippen LogP contribution in [0.3, 0.4) is 0 Å². The Morgan fingerprint density at radius 1 is 1.13 bits per heavy atom. The van der Waals surface area contributed by atoms with Crippen molar-refractivity contribution in [3.05, 3.63) is 54.1 Å². The number of likely N-dealkylation sites (N-methyl/N-ethyl adjacent to an activating group) is 1. The van der Waals surface area contributed by atoms with Crippen LogP contribution in [0.25, 0.3) is 0 Å². The normalized spacial score (nSPS) is 17.7. The lowest BCUT2D eigenvalue weighted by atomic mass is 10.1. The van der Waals surface area contributed by atoms with E-state index in [-0.39, 0.29) is 40.9 Å². The van der Waals surface area contributed by atoms with Crippen molar-refractivity contribution < 1.29 is 19.1 Å². The molecule has 0 aliphatic carbocycles. The summed E-state index contributed by atoms with van der Waals surface area (Å²) in [7, 11) is 5.54. The molecule has 0 fully saturated rings. The number of esters is 1. The van der Waals surface area contributed by atoms with E-state index >= 15 is 0 Å². The fraction of sp³-hybridized carbons (Fsp3) is 0.364. The van der Waals surface area contributed by atoms with Crippen LogP contribution in [0.4, 0.5) is 5.69 Å². The lowest BCUT2D eigenvalue weighted by Crippen LogP contribution is -2.45. The first kappa shape index (κ1) is 27.3. The van der Waals surface area contributed by atoms with E-state index in [1.807, 2.05) is 67.5 Å². The standard InChI is InChI=1S/C22H26N2O4S.Al.ClH/c1-15(25)28-20-21(16-9-11-17(27-4)12-10-16)29-19-8-6-5-7-18(19)24(22(20)26)14-13-23(2)3;;/h5-12,20-21H,13-14H2,1-4H3;;1H/t20-,21+;;/m1../s1. The average Bonchev–Trinajstić information content (AvgIpc) is 2.81. The molecule has 0 unspecified atom stereocenters. The van der Waals surface area contributed by atoms with Crippen molar-refractivity contribution in [3.8, 4) is 5.75 Å². The maximum absolute atomic E-state index is 13.6. The molecular formula is C22H27AlClN2O4S. The highest BCUT2D eigenvalue weighted by molar-refractivity contribution is 7.99. The summed E-state index contributed by atoms with van der Waals surface area (Å²) < 4.78 is 10.8. The second kappa shape index (κ2) is 12.4. The highest BCUT2D eigenvalue weighted by atomic mass is 35.5. The Labute approximate surface area is 204 Å². The van der Waals surface area contributed by atoms with Gasteiger partial charge in [-0.15, -0.1) is 24.2 Å². The van der Waals surface area contributed by atoms with Crippen molar-refractivity contribution in [2.45, 2.75) is 23.2 Å². The molecule has 0 bridgehead atoms. The summed E-state index contributed by atoms with van der Waals surface area (Å²) in [6.45, 7) is 2.55. The summed E-state index contributed by atoms with van der Waals surface area (Å²) in [5.41, 5.74) is 1.75. The minimum atomic E-state index is -0.916. The van der Waals surface area contributed by atoms with Gasteiger partial charge in [-0.25, -0.2) is 0 Å². The Bertz CT molecular complexity index is 882. The Kier molecular flexibility index (Phi) is 10.9. The molecule has 2 aromatic carbocycles. The SMILES string of the molecule is COc1ccc([C@@H]2Sc3ccccc3N(CCN(C)C)C(=O)[C@@H]2OC(C)=O)cc1.Cl.[Al]. The Morgan fingerprint density at radius 3 is 2.35 bits per heavy atom. The molecule has 9 heteroatoms. The molecule has 0 aromatic heterocycles. The van der Waals surface area contributed by atoms with E-state index in [2.05, 4.69) is 0 Å². The fourth-order valence-corrected chi connectivity index (χ4v) is 4.56. The first-order valence-corrected chi connectivity index (χ1v) is 10.3. The van der Waals surface area contributed by atoms with Crippen molar-refractivity contribution >= 4 is 59.1 Å². The zero-order valence-electron chi connectivity index (χ0n) is 18.1. The van der Waals surface area contributed by atoms with Gasteiger partial charge < -0.3 is 19.3 Å². The zero-order chi connectivity index (χ0) is 21.0. The molecule has 2 aromatic rings. The van der Waals surface area contributed by atoms with Crippen LogP contribution in [0.15, 0.2) is 53.4 Å². The van der Waals surface area contributed by atoms with Crippen molar-refractivity contribution in [1.82, 2.24) is 4.90 Å².